The summed E-state index contributed by atoms with van der Waals surface area (Å²) in [6.07, 6.45) is 11.0. The third-order valence-corrected chi connectivity index (χ3v) is 3.24. The third-order valence-electron chi connectivity index (χ3n) is 3.24. The molecule has 0 aliphatic heterocycles. The van der Waals surface area contributed by atoms with Crippen molar-refractivity contribution in [3.05, 3.63) is 0 Å². The van der Waals surface area contributed by atoms with E-state index < -0.39 is 6.04 Å². The van der Waals surface area contributed by atoms with Gasteiger partial charge in [0.05, 0.1) is 0 Å². The molecule has 0 bridgehead atoms. The topological polar surface area (TPSA) is 52.3 Å². The number of carbonyl (C=O) groups excluding carboxylic acids is 1. The Hall–Kier alpha value is 0.430. The molecule has 1 radical (unpaired) electrons. The van der Waals surface area contributed by atoms with Gasteiger partial charge in [0.15, 0.2) is 0 Å². The molecular formula is C15H31NNaO2. The van der Waals surface area contributed by atoms with Crippen molar-refractivity contribution < 1.29 is 9.53 Å². The number of esters is 1. The molecule has 0 aliphatic rings. The van der Waals surface area contributed by atoms with Crippen LogP contribution in [0.2, 0.25) is 0 Å². The normalized spacial score (nSPS) is 13.5. The fourth-order valence-corrected chi connectivity index (χ4v) is 1.95. The van der Waals surface area contributed by atoms with Gasteiger partial charge in [-0.2, -0.15) is 0 Å². The quantitative estimate of drug-likeness (QED) is 0.358. The van der Waals surface area contributed by atoms with Crippen LogP contribution in [0.5, 0.6) is 0 Å². The van der Waals surface area contributed by atoms with Gasteiger partial charge in [0.1, 0.15) is 12.1 Å². The Labute approximate surface area is 141 Å². The van der Waals surface area contributed by atoms with Crippen molar-refractivity contribution in [2.24, 2.45) is 5.73 Å². The zero-order valence-electron chi connectivity index (χ0n) is 13.4. The Morgan fingerprint density at radius 2 is 1.58 bits per heavy atom. The molecule has 0 amide bonds. The van der Waals surface area contributed by atoms with Gasteiger partial charge in [0.25, 0.3) is 0 Å². The molecule has 109 valence electrons. The largest absolute Gasteiger partial charge is 0.461 e. The van der Waals surface area contributed by atoms with Crippen LogP contribution in [-0.2, 0) is 9.53 Å². The monoisotopic (exact) mass is 280 g/mol. The van der Waals surface area contributed by atoms with E-state index in [-0.39, 0.29) is 41.6 Å². The first-order valence-electron chi connectivity index (χ1n) is 7.57. The summed E-state index contributed by atoms with van der Waals surface area (Å²) < 4.78 is 5.34. The van der Waals surface area contributed by atoms with Gasteiger partial charge in [0.2, 0.25) is 0 Å². The van der Waals surface area contributed by atoms with Crippen LogP contribution >= 0.6 is 0 Å². The van der Waals surface area contributed by atoms with Gasteiger partial charge >= 0.3 is 5.97 Å². The summed E-state index contributed by atoms with van der Waals surface area (Å²) in [5, 5.41) is 0. The Kier molecular flexibility index (Phi) is 17.0. The van der Waals surface area contributed by atoms with Crippen molar-refractivity contribution in [2.45, 2.75) is 90.7 Å². The minimum absolute atomic E-state index is 0. The molecule has 4 heteroatoms. The SMILES string of the molecule is CCCCCCCCCC(CC)OC(=O)C(C)N.[Na]. The third kappa shape index (κ3) is 13.2. The van der Waals surface area contributed by atoms with Crippen LogP contribution in [0, 0.1) is 0 Å². The second kappa shape index (κ2) is 14.8. The molecule has 3 nitrogen and oxygen atoms in total. The zero-order chi connectivity index (χ0) is 13.8. The summed E-state index contributed by atoms with van der Waals surface area (Å²) in [6.45, 7) is 5.96. The first kappa shape index (κ1) is 21.7. The van der Waals surface area contributed by atoms with Crippen LogP contribution in [0.15, 0.2) is 0 Å². The van der Waals surface area contributed by atoms with E-state index in [4.69, 9.17) is 10.5 Å². The van der Waals surface area contributed by atoms with E-state index >= 15 is 0 Å². The molecule has 0 saturated heterocycles. The molecular weight excluding hydrogens is 249 g/mol. The Morgan fingerprint density at radius 3 is 2.05 bits per heavy atom. The van der Waals surface area contributed by atoms with Crippen LogP contribution in [-0.4, -0.2) is 47.7 Å². The molecule has 19 heavy (non-hydrogen) atoms. The Balaban J connectivity index is 0. The summed E-state index contributed by atoms with van der Waals surface area (Å²) in [7, 11) is 0. The number of nitrogens with two attached hydrogens (primary N) is 1. The van der Waals surface area contributed by atoms with Crippen LogP contribution in [0.1, 0.15) is 78.6 Å². The van der Waals surface area contributed by atoms with Crippen molar-refractivity contribution in [3.63, 3.8) is 0 Å². The number of ether oxygens (including phenoxy) is 1. The molecule has 0 aromatic carbocycles. The van der Waals surface area contributed by atoms with Gasteiger partial charge in [0, 0.05) is 29.6 Å². The second-order valence-electron chi connectivity index (χ2n) is 5.17. The number of hydrogen-bond acceptors (Lipinski definition) is 3. The molecule has 2 atom stereocenters. The molecule has 0 aliphatic carbocycles. The van der Waals surface area contributed by atoms with Gasteiger partial charge in [-0.3, -0.25) is 4.79 Å². The predicted molar refractivity (Wildman–Crippen MR) is 82.2 cm³/mol. The van der Waals surface area contributed by atoms with Gasteiger partial charge in [-0.1, -0.05) is 52.4 Å². The zero-order valence-corrected chi connectivity index (χ0v) is 15.4. The van der Waals surface area contributed by atoms with Gasteiger partial charge in [-0.15, -0.1) is 0 Å². The maximum Gasteiger partial charge on any atom is 0.322 e. The fourth-order valence-electron chi connectivity index (χ4n) is 1.95. The predicted octanol–water partition coefficient (Wildman–Crippen LogP) is 3.42. The molecule has 0 aromatic rings. The van der Waals surface area contributed by atoms with Crippen LogP contribution in [0.4, 0.5) is 0 Å². The molecule has 2 N–H and O–H groups in total. The van der Waals surface area contributed by atoms with Crippen LogP contribution in [0.3, 0.4) is 0 Å². The van der Waals surface area contributed by atoms with E-state index in [1.807, 2.05) is 0 Å². The van der Waals surface area contributed by atoms with Crippen molar-refractivity contribution >= 4 is 35.5 Å². The maximum atomic E-state index is 11.4. The van der Waals surface area contributed by atoms with E-state index in [0.717, 1.165) is 19.3 Å². The molecule has 0 spiro atoms. The first-order valence-corrected chi connectivity index (χ1v) is 7.57. The Bertz CT molecular complexity index is 210. The first-order chi connectivity index (χ1) is 8.61. The van der Waals surface area contributed by atoms with Crippen molar-refractivity contribution in [2.75, 3.05) is 0 Å². The van der Waals surface area contributed by atoms with Crippen molar-refractivity contribution in [1.82, 2.24) is 0 Å². The average Bonchev–Trinajstić information content (AvgIpc) is 2.35. The van der Waals surface area contributed by atoms with Crippen LogP contribution < -0.4 is 5.73 Å². The van der Waals surface area contributed by atoms with Gasteiger partial charge < -0.3 is 10.5 Å². The molecule has 0 rings (SSSR count). The minimum Gasteiger partial charge on any atom is -0.461 e. The number of unbranched alkanes of at least 4 members (excludes halogenated alkanes) is 6. The Morgan fingerprint density at radius 1 is 1.05 bits per heavy atom. The van der Waals surface area contributed by atoms with Crippen LogP contribution in [0.25, 0.3) is 0 Å². The molecule has 0 heterocycles. The van der Waals surface area contributed by atoms with E-state index in [1.165, 1.54) is 38.5 Å². The number of hydrogen-bond donors (Lipinski definition) is 1. The summed E-state index contributed by atoms with van der Waals surface area (Å²) in [5.74, 6) is -0.273. The van der Waals surface area contributed by atoms with Crippen molar-refractivity contribution in [1.29, 1.82) is 0 Å². The van der Waals surface area contributed by atoms with Gasteiger partial charge in [-0.25, -0.2) is 0 Å². The molecule has 2 unspecified atom stereocenters. The minimum atomic E-state index is -0.506. The molecule has 0 fully saturated rings. The standard InChI is InChI=1S/C15H31NO2.Na/c1-4-6-7-8-9-10-11-12-14(5-2)18-15(17)13(3)16;/h13-14H,4-12,16H2,1-3H3;. The average molecular weight is 280 g/mol. The maximum absolute atomic E-state index is 11.4. The fraction of sp³-hybridized carbons (Fsp3) is 0.933. The molecule has 0 saturated carbocycles. The summed E-state index contributed by atoms with van der Waals surface area (Å²) >= 11 is 0. The number of carbonyl (C=O) groups is 1. The summed E-state index contributed by atoms with van der Waals surface area (Å²) in [6, 6.07) is -0.506. The smallest absolute Gasteiger partial charge is 0.322 e. The molecule has 0 aromatic heterocycles. The van der Waals surface area contributed by atoms with E-state index in [9.17, 15) is 4.79 Å². The van der Waals surface area contributed by atoms with E-state index in [1.54, 1.807) is 6.92 Å². The van der Waals surface area contributed by atoms with E-state index in [2.05, 4.69) is 13.8 Å². The summed E-state index contributed by atoms with van der Waals surface area (Å²) in [4.78, 5) is 11.4. The second-order valence-corrected chi connectivity index (χ2v) is 5.17. The van der Waals surface area contributed by atoms with Gasteiger partial charge in [-0.05, 0) is 26.2 Å². The van der Waals surface area contributed by atoms with Crippen molar-refractivity contribution in [3.8, 4) is 0 Å². The van der Waals surface area contributed by atoms with E-state index in [0.29, 0.717) is 0 Å². The summed E-state index contributed by atoms with van der Waals surface area (Å²) in [5.41, 5.74) is 5.49. The number of rotatable bonds is 11.